The number of amides is 1. The maximum absolute atomic E-state index is 14.1. The molecule has 1 amide bonds. The van der Waals surface area contributed by atoms with Gasteiger partial charge < -0.3 is 11.1 Å². The van der Waals surface area contributed by atoms with Crippen LogP contribution in [0.3, 0.4) is 0 Å². The summed E-state index contributed by atoms with van der Waals surface area (Å²) in [5, 5.41) is 7.11. The van der Waals surface area contributed by atoms with Crippen molar-refractivity contribution in [2.75, 3.05) is 6.54 Å². The largest absolute Gasteiger partial charge is 0.345 e. The summed E-state index contributed by atoms with van der Waals surface area (Å²) in [6.07, 6.45) is 2.82. The summed E-state index contributed by atoms with van der Waals surface area (Å²) in [5.74, 6) is -0.248. The number of unbranched alkanes of at least 4 members (excludes halogenated alkanes) is 1. The van der Waals surface area contributed by atoms with Crippen LogP contribution in [0.2, 0.25) is 0 Å². The highest BCUT2D eigenvalue weighted by atomic mass is 35.5. The molecule has 0 fully saturated rings. The number of benzene rings is 1. The third-order valence-electron chi connectivity index (χ3n) is 3.96. The van der Waals surface area contributed by atoms with Crippen LogP contribution in [0.4, 0.5) is 4.39 Å². The second-order valence-corrected chi connectivity index (χ2v) is 6.36. The zero-order valence-corrected chi connectivity index (χ0v) is 16.2. The fraction of sp³-hybridized carbons (Fsp3) is 0.500. The maximum Gasteiger partial charge on any atom is 0.291 e. The summed E-state index contributed by atoms with van der Waals surface area (Å²) in [5.41, 5.74) is 6.00. The van der Waals surface area contributed by atoms with Gasteiger partial charge in [0, 0.05) is 18.5 Å². The molecule has 1 atom stereocenters. The lowest BCUT2D eigenvalue weighted by Gasteiger charge is -2.14. The summed E-state index contributed by atoms with van der Waals surface area (Å²) in [6.45, 7) is 6.29. The lowest BCUT2D eigenvalue weighted by Crippen LogP contribution is -2.40. The zero-order valence-electron chi connectivity index (χ0n) is 15.4. The first-order valence-electron chi connectivity index (χ1n) is 8.70. The molecule has 0 saturated heterocycles. The smallest absolute Gasteiger partial charge is 0.291 e. The number of nitrogens with one attached hydrogen (secondary N) is 1. The van der Waals surface area contributed by atoms with E-state index < -0.39 is 5.82 Å². The zero-order chi connectivity index (χ0) is 18.4. The van der Waals surface area contributed by atoms with Crippen molar-refractivity contribution in [1.82, 2.24) is 20.1 Å². The minimum Gasteiger partial charge on any atom is -0.345 e. The summed E-state index contributed by atoms with van der Waals surface area (Å²) in [6, 6.07) is 6.18. The topological polar surface area (TPSA) is 85.8 Å². The van der Waals surface area contributed by atoms with Gasteiger partial charge in [-0.2, -0.15) is 0 Å². The predicted molar refractivity (Wildman–Crippen MR) is 102 cm³/mol. The Morgan fingerprint density at radius 2 is 2.04 bits per heavy atom. The maximum atomic E-state index is 14.1. The van der Waals surface area contributed by atoms with Crippen molar-refractivity contribution < 1.29 is 9.18 Å². The molecule has 1 unspecified atom stereocenters. The van der Waals surface area contributed by atoms with Crippen LogP contribution in [0.5, 0.6) is 0 Å². The molecule has 3 N–H and O–H groups in total. The SMILES string of the molecule is CCCCC(CN)NC(=O)c1nc(C(C)C)n(-c2ccccc2F)n1.Cl. The fourth-order valence-corrected chi connectivity index (χ4v) is 2.54. The molecule has 26 heavy (non-hydrogen) atoms. The quantitative estimate of drug-likeness (QED) is 0.732. The summed E-state index contributed by atoms with van der Waals surface area (Å²) in [7, 11) is 0. The molecule has 0 radical (unpaired) electrons. The van der Waals surface area contributed by atoms with E-state index in [9.17, 15) is 9.18 Å². The molecule has 6 nitrogen and oxygen atoms in total. The van der Waals surface area contributed by atoms with Crippen LogP contribution < -0.4 is 11.1 Å². The molecule has 2 aromatic rings. The summed E-state index contributed by atoms with van der Waals surface area (Å²) < 4.78 is 15.5. The first-order chi connectivity index (χ1) is 12.0. The molecule has 1 heterocycles. The Balaban J connectivity index is 0.00000338. The van der Waals surface area contributed by atoms with Crippen molar-refractivity contribution in [3.05, 3.63) is 41.7 Å². The first-order valence-corrected chi connectivity index (χ1v) is 8.70. The number of aromatic nitrogens is 3. The van der Waals surface area contributed by atoms with E-state index in [1.807, 2.05) is 13.8 Å². The molecule has 1 aromatic carbocycles. The molecular formula is C18H27ClFN5O. The Hall–Kier alpha value is -1.99. The highest BCUT2D eigenvalue weighted by molar-refractivity contribution is 5.90. The van der Waals surface area contributed by atoms with Crippen LogP contribution >= 0.6 is 12.4 Å². The van der Waals surface area contributed by atoms with Gasteiger partial charge in [-0.3, -0.25) is 4.79 Å². The van der Waals surface area contributed by atoms with Gasteiger partial charge in [0.2, 0.25) is 5.82 Å². The van der Waals surface area contributed by atoms with Crippen LogP contribution in [0.1, 0.15) is 62.4 Å². The van der Waals surface area contributed by atoms with Crippen LogP contribution in [0.25, 0.3) is 5.69 Å². The lowest BCUT2D eigenvalue weighted by molar-refractivity contribution is 0.0925. The fourth-order valence-electron chi connectivity index (χ4n) is 2.54. The lowest BCUT2D eigenvalue weighted by atomic mass is 10.1. The van der Waals surface area contributed by atoms with E-state index in [2.05, 4.69) is 22.3 Å². The first kappa shape index (κ1) is 22.1. The number of nitrogens with two attached hydrogens (primary N) is 1. The van der Waals surface area contributed by atoms with Crippen LogP contribution in [-0.2, 0) is 0 Å². The Bertz CT molecular complexity index is 719. The average Bonchev–Trinajstić information content (AvgIpc) is 3.04. The molecule has 144 valence electrons. The second kappa shape index (κ2) is 10.2. The van der Waals surface area contributed by atoms with Gasteiger partial charge in [-0.1, -0.05) is 45.7 Å². The number of halogens is 2. The number of carbonyl (C=O) groups is 1. The molecule has 0 aliphatic carbocycles. The van der Waals surface area contributed by atoms with Gasteiger partial charge in [-0.25, -0.2) is 14.1 Å². The Kier molecular flexibility index (Phi) is 8.68. The molecule has 8 heteroatoms. The van der Waals surface area contributed by atoms with Crippen molar-refractivity contribution >= 4 is 18.3 Å². The van der Waals surface area contributed by atoms with Gasteiger partial charge in [0.25, 0.3) is 5.91 Å². The second-order valence-electron chi connectivity index (χ2n) is 6.36. The summed E-state index contributed by atoms with van der Waals surface area (Å²) >= 11 is 0. The van der Waals surface area contributed by atoms with Gasteiger partial charge in [0.15, 0.2) is 0 Å². The van der Waals surface area contributed by atoms with Gasteiger partial charge in [0.1, 0.15) is 17.3 Å². The molecule has 0 aliphatic rings. The van der Waals surface area contributed by atoms with E-state index in [1.54, 1.807) is 18.2 Å². The predicted octanol–water partition coefficient (Wildman–Crippen LogP) is 3.20. The van der Waals surface area contributed by atoms with Gasteiger partial charge in [-0.15, -0.1) is 17.5 Å². The molecule has 0 spiro atoms. The van der Waals surface area contributed by atoms with Crippen molar-refractivity contribution in [3.8, 4) is 5.69 Å². The monoisotopic (exact) mass is 383 g/mol. The van der Waals surface area contributed by atoms with E-state index in [0.717, 1.165) is 19.3 Å². The summed E-state index contributed by atoms with van der Waals surface area (Å²) in [4.78, 5) is 16.8. The van der Waals surface area contributed by atoms with Gasteiger partial charge >= 0.3 is 0 Å². The van der Waals surface area contributed by atoms with Crippen LogP contribution in [0.15, 0.2) is 24.3 Å². The number of para-hydroxylation sites is 1. The average molecular weight is 384 g/mol. The molecule has 0 aliphatic heterocycles. The van der Waals surface area contributed by atoms with Gasteiger partial charge in [0.05, 0.1) is 0 Å². The minimum absolute atomic E-state index is 0. The standard InChI is InChI=1S/C18H26FN5O.ClH/c1-4-5-8-13(11-20)21-18(25)16-22-17(12(2)3)24(23-16)15-10-7-6-9-14(15)19;/h6-7,9-10,12-13H,4-5,8,11,20H2,1-3H3,(H,21,25);1H. The van der Waals surface area contributed by atoms with Crippen molar-refractivity contribution in [3.63, 3.8) is 0 Å². The molecular weight excluding hydrogens is 357 g/mol. The van der Waals surface area contributed by atoms with Crippen LogP contribution in [0, 0.1) is 5.82 Å². The van der Waals surface area contributed by atoms with E-state index in [0.29, 0.717) is 12.4 Å². The van der Waals surface area contributed by atoms with Gasteiger partial charge in [-0.05, 0) is 18.6 Å². The number of carbonyl (C=O) groups excluding carboxylic acids is 1. The minimum atomic E-state index is -0.413. The number of nitrogens with zero attached hydrogens (tertiary/aromatic N) is 3. The Labute approximate surface area is 159 Å². The third-order valence-corrected chi connectivity index (χ3v) is 3.96. The van der Waals surface area contributed by atoms with Crippen molar-refractivity contribution in [2.45, 2.75) is 52.0 Å². The number of hydrogen-bond acceptors (Lipinski definition) is 4. The van der Waals surface area contributed by atoms with E-state index >= 15 is 0 Å². The third kappa shape index (κ3) is 5.25. The highest BCUT2D eigenvalue weighted by Gasteiger charge is 2.22. The van der Waals surface area contributed by atoms with E-state index in [4.69, 9.17) is 5.73 Å². The Morgan fingerprint density at radius 3 is 2.62 bits per heavy atom. The van der Waals surface area contributed by atoms with Crippen molar-refractivity contribution in [1.29, 1.82) is 0 Å². The van der Waals surface area contributed by atoms with E-state index in [-0.39, 0.29) is 41.8 Å². The molecule has 2 rings (SSSR count). The van der Waals surface area contributed by atoms with Crippen LogP contribution in [-0.4, -0.2) is 33.3 Å². The molecule has 1 aromatic heterocycles. The normalized spacial score (nSPS) is 11.9. The highest BCUT2D eigenvalue weighted by Crippen LogP contribution is 2.19. The molecule has 0 saturated carbocycles. The molecule has 0 bridgehead atoms. The number of hydrogen-bond donors (Lipinski definition) is 2. The number of rotatable bonds is 8. The van der Waals surface area contributed by atoms with Crippen molar-refractivity contribution in [2.24, 2.45) is 5.73 Å². The Morgan fingerprint density at radius 1 is 1.35 bits per heavy atom. The van der Waals surface area contributed by atoms with E-state index in [1.165, 1.54) is 10.7 Å².